The molecule has 1 aromatic rings. The highest BCUT2D eigenvalue weighted by Gasteiger charge is 2.27. The van der Waals surface area contributed by atoms with E-state index in [1.54, 1.807) is 6.07 Å². The Kier molecular flexibility index (Phi) is 4.48. The molecule has 1 atom stereocenters. The molecule has 0 aromatic heterocycles. The summed E-state index contributed by atoms with van der Waals surface area (Å²) in [4.78, 5) is 23.2. The Hall–Kier alpha value is -1.68. The minimum Gasteiger partial charge on any atom is -0.480 e. The van der Waals surface area contributed by atoms with Crippen molar-refractivity contribution < 1.29 is 14.7 Å². The summed E-state index contributed by atoms with van der Waals surface area (Å²) < 4.78 is 0. The molecule has 0 heterocycles. The van der Waals surface area contributed by atoms with Crippen LogP contribution in [0.3, 0.4) is 0 Å². The van der Waals surface area contributed by atoms with Crippen molar-refractivity contribution in [2.24, 2.45) is 0 Å². The second-order valence-electron chi connectivity index (χ2n) is 5.70. The Morgan fingerprint density at radius 1 is 1.26 bits per heavy atom. The molecule has 0 aliphatic carbocycles. The first-order valence-electron chi connectivity index (χ1n) is 6.24. The summed E-state index contributed by atoms with van der Waals surface area (Å²) in [6, 6.07) is 4.35. The van der Waals surface area contributed by atoms with Crippen LogP contribution in [0.2, 0.25) is 0 Å². The summed E-state index contributed by atoms with van der Waals surface area (Å²) in [6.45, 7) is 8.11. The van der Waals surface area contributed by atoms with Gasteiger partial charge in [-0.1, -0.05) is 39.0 Å². The number of rotatable bonds is 4. The number of carbonyl (C=O) groups excluding carboxylic acids is 1. The van der Waals surface area contributed by atoms with Crippen molar-refractivity contribution in [1.29, 1.82) is 0 Å². The number of aliphatic carboxylic acids is 1. The van der Waals surface area contributed by atoms with Crippen molar-refractivity contribution in [3.8, 4) is 0 Å². The number of carboxylic acids is 1. The summed E-state index contributed by atoms with van der Waals surface area (Å²) in [5.41, 5.74) is 2.38. The van der Waals surface area contributed by atoms with E-state index >= 15 is 0 Å². The smallest absolute Gasteiger partial charge is 0.328 e. The number of ketones is 1. The lowest BCUT2D eigenvalue weighted by Gasteiger charge is -2.21. The number of hydrogen-bond acceptors (Lipinski definition) is 3. The number of nitrogens with one attached hydrogen (secondary N) is 1. The number of carbonyl (C=O) groups is 2. The van der Waals surface area contributed by atoms with E-state index in [-0.39, 0.29) is 5.41 Å². The van der Waals surface area contributed by atoms with Crippen molar-refractivity contribution in [2.45, 2.75) is 39.2 Å². The second kappa shape index (κ2) is 5.53. The third kappa shape index (κ3) is 3.41. The first-order valence-corrected chi connectivity index (χ1v) is 6.24. The molecule has 0 aliphatic heterocycles. The Morgan fingerprint density at radius 3 is 2.21 bits per heavy atom. The lowest BCUT2D eigenvalue weighted by atomic mass is 9.84. The molecule has 2 N–H and O–H groups in total. The maximum absolute atomic E-state index is 12.2. The zero-order valence-corrected chi connectivity index (χ0v) is 12.1. The van der Waals surface area contributed by atoms with Crippen molar-refractivity contribution in [1.82, 2.24) is 5.32 Å². The van der Waals surface area contributed by atoms with Gasteiger partial charge in [-0.3, -0.25) is 9.59 Å². The van der Waals surface area contributed by atoms with Crippen LogP contribution in [0.1, 0.15) is 42.3 Å². The maximum atomic E-state index is 12.2. The van der Waals surface area contributed by atoms with Gasteiger partial charge in [-0.2, -0.15) is 0 Å². The zero-order valence-electron chi connectivity index (χ0n) is 12.1. The average Bonchev–Trinajstić information content (AvgIpc) is 2.27. The van der Waals surface area contributed by atoms with E-state index in [1.165, 1.54) is 7.05 Å². The Balaban J connectivity index is 3.16. The van der Waals surface area contributed by atoms with Gasteiger partial charge in [-0.05, 0) is 30.5 Å². The van der Waals surface area contributed by atoms with Crippen LogP contribution in [-0.2, 0) is 10.2 Å². The molecule has 1 aromatic carbocycles. The molecule has 1 unspecified atom stereocenters. The second-order valence-corrected chi connectivity index (χ2v) is 5.70. The normalized spacial score (nSPS) is 13.1. The Bertz CT molecular complexity index is 501. The van der Waals surface area contributed by atoms with E-state index in [9.17, 15) is 9.59 Å². The fraction of sp³-hybridized carbons (Fsp3) is 0.467. The monoisotopic (exact) mass is 263 g/mol. The van der Waals surface area contributed by atoms with Crippen LogP contribution in [0.5, 0.6) is 0 Å². The van der Waals surface area contributed by atoms with Crippen molar-refractivity contribution >= 4 is 11.8 Å². The standard InChI is InChI=1S/C15H21NO3/c1-9-8-10(15(2,3)4)6-7-11(9)13(17)12(16-5)14(18)19/h6-8,12,16H,1-5H3,(H,18,19). The quantitative estimate of drug-likeness (QED) is 0.645. The van der Waals surface area contributed by atoms with Gasteiger partial charge >= 0.3 is 5.97 Å². The molecule has 104 valence electrons. The summed E-state index contributed by atoms with van der Waals surface area (Å²) >= 11 is 0. The SMILES string of the molecule is CNC(C(=O)O)C(=O)c1ccc(C(C)(C)C)cc1C. The van der Waals surface area contributed by atoms with Crippen LogP contribution < -0.4 is 5.32 Å². The summed E-state index contributed by atoms with van der Waals surface area (Å²) in [5.74, 6) is -1.57. The van der Waals surface area contributed by atoms with Crippen molar-refractivity contribution in [2.75, 3.05) is 7.05 Å². The van der Waals surface area contributed by atoms with Crippen LogP contribution in [0.4, 0.5) is 0 Å². The molecule has 0 aliphatic rings. The number of aryl methyl sites for hydroxylation is 1. The van der Waals surface area contributed by atoms with Crippen molar-refractivity contribution in [3.63, 3.8) is 0 Å². The van der Waals surface area contributed by atoms with Gasteiger partial charge in [0.2, 0.25) is 0 Å². The molecular weight excluding hydrogens is 242 g/mol. The van der Waals surface area contributed by atoms with Crippen molar-refractivity contribution in [3.05, 3.63) is 34.9 Å². The van der Waals surface area contributed by atoms with Crippen LogP contribution >= 0.6 is 0 Å². The molecule has 0 fully saturated rings. The molecule has 0 saturated carbocycles. The fourth-order valence-corrected chi connectivity index (χ4v) is 1.93. The molecule has 19 heavy (non-hydrogen) atoms. The van der Waals surface area contributed by atoms with Gasteiger partial charge in [0.1, 0.15) is 0 Å². The maximum Gasteiger partial charge on any atom is 0.328 e. The van der Waals surface area contributed by atoms with Gasteiger partial charge in [-0.25, -0.2) is 0 Å². The van der Waals surface area contributed by atoms with E-state index in [0.717, 1.165) is 11.1 Å². The molecule has 0 radical (unpaired) electrons. The van der Waals surface area contributed by atoms with E-state index in [4.69, 9.17) is 5.11 Å². The van der Waals surface area contributed by atoms with Crippen LogP contribution in [-0.4, -0.2) is 29.9 Å². The third-order valence-corrected chi connectivity index (χ3v) is 3.16. The Labute approximate surface area is 113 Å². The van der Waals surface area contributed by atoms with E-state index in [0.29, 0.717) is 5.56 Å². The largest absolute Gasteiger partial charge is 0.480 e. The zero-order chi connectivity index (χ0) is 14.8. The lowest BCUT2D eigenvalue weighted by molar-refractivity contribution is -0.137. The minimum absolute atomic E-state index is 0.00153. The van der Waals surface area contributed by atoms with Crippen LogP contribution in [0.15, 0.2) is 18.2 Å². The number of Topliss-reactive ketones (excluding diaryl/α,β-unsaturated/α-hetero) is 1. The topological polar surface area (TPSA) is 66.4 Å². The predicted molar refractivity (Wildman–Crippen MR) is 74.7 cm³/mol. The molecule has 4 nitrogen and oxygen atoms in total. The highest BCUT2D eigenvalue weighted by Crippen LogP contribution is 2.24. The fourth-order valence-electron chi connectivity index (χ4n) is 1.93. The van der Waals surface area contributed by atoms with Gasteiger partial charge in [0.05, 0.1) is 0 Å². The molecule has 0 amide bonds. The number of likely N-dealkylation sites (N-methyl/N-ethyl adjacent to an activating group) is 1. The molecule has 0 bridgehead atoms. The molecule has 0 spiro atoms. The van der Waals surface area contributed by atoms with Crippen LogP contribution in [0, 0.1) is 6.92 Å². The first kappa shape index (κ1) is 15.4. The summed E-state index contributed by atoms with van der Waals surface area (Å²) in [5, 5.41) is 11.5. The predicted octanol–water partition coefficient (Wildman–Crippen LogP) is 2.15. The molecule has 4 heteroatoms. The van der Waals surface area contributed by atoms with E-state index < -0.39 is 17.8 Å². The number of benzene rings is 1. The summed E-state index contributed by atoms with van der Waals surface area (Å²) in [6.07, 6.45) is 0. The number of carboxylic acid groups (broad SMARTS) is 1. The molecule has 1 rings (SSSR count). The summed E-state index contributed by atoms with van der Waals surface area (Å²) in [7, 11) is 1.47. The third-order valence-electron chi connectivity index (χ3n) is 3.16. The highest BCUT2D eigenvalue weighted by atomic mass is 16.4. The highest BCUT2D eigenvalue weighted by molar-refractivity contribution is 6.12. The van der Waals surface area contributed by atoms with Gasteiger partial charge in [0, 0.05) is 5.56 Å². The minimum atomic E-state index is -1.20. The van der Waals surface area contributed by atoms with Gasteiger partial charge < -0.3 is 10.4 Å². The van der Waals surface area contributed by atoms with Gasteiger partial charge in [0.25, 0.3) is 0 Å². The van der Waals surface area contributed by atoms with Gasteiger partial charge in [0.15, 0.2) is 11.8 Å². The van der Waals surface area contributed by atoms with E-state index in [1.807, 2.05) is 19.1 Å². The Morgan fingerprint density at radius 2 is 1.84 bits per heavy atom. The molecular formula is C15H21NO3. The lowest BCUT2D eigenvalue weighted by Crippen LogP contribution is -2.41. The average molecular weight is 263 g/mol. The van der Waals surface area contributed by atoms with Gasteiger partial charge in [-0.15, -0.1) is 0 Å². The first-order chi connectivity index (χ1) is 8.68. The van der Waals surface area contributed by atoms with Crippen LogP contribution in [0.25, 0.3) is 0 Å². The number of hydrogen-bond donors (Lipinski definition) is 2. The van der Waals surface area contributed by atoms with E-state index in [2.05, 4.69) is 26.1 Å². The molecule has 0 saturated heterocycles.